The zero-order valence-electron chi connectivity index (χ0n) is 19.9. The summed E-state index contributed by atoms with van der Waals surface area (Å²) in [5, 5.41) is 3.51. The van der Waals surface area contributed by atoms with Crippen LogP contribution < -0.4 is 10.1 Å². The topological polar surface area (TPSA) is 49.8 Å². The van der Waals surface area contributed by atoms with Crippen LogP contribution in [0.25, 0.3) is 5.57 Å². The lowest BCUT2D eigenvalue weighted by Crippen LogP contribution is -2.37. The molecule has 1 unspecified atom stereocenters. The Morgan fingerprint density at radius 2 is 1.76 bits per heavy atom. The first-order valence-electron chi connectivity index (χ1n) is 12.1. The van der Waals surface area contributed by atoms with Gasteiger partial charge in [-0.3, -0.25) is 14.9 Å². The van der Waals surface area contributed by atoms with Crippen molar-refractivity contribution in [3.63, 3.8) is 0 Å². The number of ether oxygens (including phenoxy) is 1. The van der Waals surface area contributed by atoms with Crippen LogP contribution in [0.1, 0.15) is 41.3 Å². The van der Waals surface area contributed by atoms with E-state index in [2.05, 4.69) is 64.7 Å². The molecule has 0 saturated carbocycles. The lowest BCUT2D eigenvalue weighted by molar-refractivity contribution is 0.202. The summed E-state index contributed by atoms with van der Waals surface area (Å²) in [4.78, 5) is 12.0. The number of methoxy groups -OCH3 is 1. The number of rotatable bonds is 6. The molecular formula is C29H32N4O. The fourth-order valence-electron chi connectivity index (χ4n) is 4.86. The van der Waals surface area contributed by atoms with E-state index in [9.17, 15) is 0 Å². The highest BCUT2D eigenvalue weighted by Gasteiger charge is 2.29. The fraction of sp³-hybridized carbons (Fsp3) is 0.310. The third-order valence-electron chi connectivity index (χ3n) is 6.83. The molecule has 0 bridgehead atoms. The molecule has 0 aliphatic carbocycles. The monoisotopic (exact) mass is 452 g/mol. The highest BCUT2D eigenvalue weighted by molar-refractivity contribution is 6.25. The van der Waals surface area contributed by atoms with Crippen molar-refractivity contribution in [3.05, 3.63) is 102 Å². The summed E-state index contributed by atoms with van der Waals surface area (Å²) in [5.41, 5.74) is 7.33. The Labute approximate surface area is 202 Å². The predicted octanol–water partition coefficient (Wildman–Crippen LogP) is 5.39. The molecule has 1 aromatic heterocycles. The molecule has 2 aliphatic heterocycles. The van der Waals surface area contributed by atoms with Gasteiger partial charge in [0, 0.05) is 36.6 Å². The molecule has 5 heteroatoms. The maximum atomic E-state index is 5.49. The van der Waals surface area contributed by atoms with Crippen LogP contribution in [0.5, 0.6) is 5.75 Å². The average Bonchev–Trinajstić information content (AvgIpc) is 2.91. The van der Waals surface area contributed by atoms with Gasteiger partial charge in [0.1, 0.15) is 11.9 Å². The number of aliphatic imine (C=N–C) groups is 1. The maximum absolute atomic E-state index is 5.49. The van der Waals surface area contributed by atoms with Crippen LogP contribution in [0.15, 0.2) is 84.2 Å². The number of hydrogen-bond donors (Lipinski definition) is 1. The van der Waals surface area contributed by atoms with Crippen LogP contribution in [0.4, 0.5) is 0 Å². The number of benzene rings is 2. The van der Waals surface area contributed by atoms with E-state index >= 15 is 0 Å². The Bertz CT molecular complexity index is 1160. The number of nitrogens with one attached hydrogen (secondary N) is 1. The summed E-state index contributed by atoms with van der Waals surface area (Å²) in [7, 11) is 1.71. The Kier molecular flexibility index (Phi) is 6.72. The van der Waals surface area contributed by atoms with Crippen LogP contribution in [-0.2, 0) is 6.54 Å². The molecule has 5 nitrogen and oxygen atoms in total. The zero-order valence-corrected chi connectivity index (χ0v) is 19.9. The van der Waals surface area contributed by atoms with E-state index in [0.29, 0.717) is 5.92 Å². The second kappa shape index (κ2) is 10.2. The lowest BCUT2D eigenvalue weighted by Gasteiger charge is -2.35. The number of aromatic nitrogens is 1. The van der Waals surface area contributed by atoms with Crippen molar-refractivity contribution >= 4 is 11.3 Å². The number of aryl methyl sites for hydroxylation is 1. The second-order valence-corrected chi connectivity index (χ2v) is 9.19. The van der Waals surface area contributed by atoms with E-state index in [4.69, 9.17) is 9.73 Å². The minimum Gasteiger partial charge on any atom is -0.497 e. The molecule has 0 spiro atoms. The minimum atomic E-state index is -0.0852. The first kappa shape index (κ1) is 22.4. The third-order valence-corrected chi connectivity index (χ3v) is 6.83. The van der Waals surface area contributed by atoms with Gasteiger partial charge in [0.25, 0.3) is 0 Å². The van der Waals surface area contributed by atoms with E-state index < -0.39 is 0 Å². The number of likely N-dealkylation sites (tertiary alicyclic amines) is 1. The number of pyridine rings is 1. The first-order chi connectivity index (χ1) is 16.7. The van der Waals surface area contributed by atoms with Gasteiger partial charge in [-0.25, -0.2) is 0 Å². The van der Waals surface area contributed by atoms with Crippen LogP contribution >= 0.6 is 0 Å². The number of hydrogen-bond acceptors (Lipinski definition) is 5. The van der Waals surface area contributed by atoms with E-state index in [1.807, 2.05) is 36.7 Å². The SMILES string of the molecule is COc1cccc(C2=CNC(c3ccncc3)N=C2C2CCN(Cc3ccc(C)cc3)CC2)c1. The molecule has 5 rings (SSSR count). The van der Waals surface area contributed by atoms with E-state index in [1.165, 1.54) is 22.4 Å². The highest BCUT2D eigenvalue weighted by Crippen LogP contribution is 2.33. The van der Waals surface area contributed by atoms with E-state index in [0.717, 1.165) is 49.4 Å². The number of nitrogens with zero attached hydrogens (tertiary/aromatic N) is 3. The average molecular weight is 453 g/mol. The smallest absolute Gasteiger partial charge is 0.144 e. The van der Waals surface area contributed by atoms with Gasteiger partial charge in [-0.2, -0.15) is 0 Å². The van der Waals surface area contributed by atoms with Gasteiger partial charge in [0.15, 0.2) is 0 Å². The zero-order chi connectivity index (χ0) is 23.3. The molecule has 174 valence electrons. The molecule has 2 aliphatic rings. The first-order valence-corrected chi connectivity index (χ1v) is 12.1. The van der Waals surface area contributed by atoms with Gasteiger partial charge in [-0.05, 0) is 73.8 Å². The molecule has 3 aromatic rings. The van der Waals surface area contributed by atoms with Gasteiger partial charge in [0.05, 0.1) is 12.8 Å². The van der Waals surface area contributed by atoms with E-state index in [-0.39, 0.29) is 6.17 Å². The van der Waals surface area contributed by atoms with E-state index in [1.54, 1.807) is 7.11 Å². The summed E-state index contributed by atoms with van der Waals surface area (Å²) in [6, 6.07) is 21.3. The Hall–Kier alpha value is -3.44. The molecule has 1 fully saturated rings. The van der Waals surface area contributed by atoms with Crippen molar-refractivity contribution < 1.29 is 4.74 Å². The van der Waals surface area contributed by atoms with Crippen molar-refractivity contribution in [2.45, 2.75) is 32.5 Å². The van der Waals surface area contributed by atoms with Crippen molar-refractivity contribution in [1.82, 2.24) is 15.2 Å². The van der Waals surface area contributed by atoms with Crippen molar-refractivity contribution in [2.24, 2.45) is 10.9 Å². The van der Waals surface area contributed by atoms with Gasteiger partial charge >= 0.3 is 0 Å². The summed E-state index contributed by atoms with van der Waals surface area (Å²) in [6.45, 7) is 5.31. The van der Waals surface area contributed by atoms with Crippen LogP contribution in [-0.4, -0.2) is 35.8 Å². The van der Waals surface area contributed by atoms with Crippen molar-refractivity contribution in [3.8, 4) is 5.75 Å². The molecule has 1 saturated heterocycles. The van der Waals surface area contributed by atoms with Crippen molar-refractivity contribution in [2.75, 3.05) is 20.2 Å². The molecule has 1 atom stereocenters. The van der Waals surface area contributed by atoms with Crippen LogP contribution in [0.3, 0.4) is 0 Å². The molecule has 2 aromatic carbocycles. The Balaban J connectivity index is 1.36. The summed E-state index contributed by atoms with van der Waals surface area (Å²) >= 11 is 0. The molecule has 3 heterocycles. The predicted molar refractivity (Wildman–Crippen MR) is 138 cm³/mol. The minimum absolute atomic E-state index is 0.0852. The number of piperidine rings is 1. The Morgan fingerprint density at radius 1 is 1.00 bits per heavy atom. The van der Waals surface area contributed by atoms with Gasteiger partial charge in [-0.15, -0.1) is 0 Å². The summed E-state index contributed by atoms with van der Waals surface area (Å²) < 4.78 is 5.49. The largest absolute Gasteiger partial charge is 0.497 e. The molecular weight excluding hydrogens is 420 g/mol. The third kappa shape index (κ3) is 5.05. The van der Waals surface area contributed by atoms with Gasteiger partial charge in [0.2, 0.25) is 0 Å². The second-order valence-electron chi connectivity index (χ2n) is 9.19. The van der Waals surface area contributed by atoms with Crippen molar-refractivity contribution in [1.29, 1.82) is 0 Å². The van der Waals surface area contributed by atoms with Gasteiger partial charge in [-0.1, -0.05) is 42.0 Å². The standard InChI is InChI=1S/C29H32N4O/c1-21-6-8-22(9-7-21)20-33-16-12-23(13-17-33)28-27(25-4-3-5-26(18-25)34-2)19-31-29(32-28)24-10-14-30-15-11-24/h3-11,14-15,18-19,23,29,31H,12-13,16-17,20H2,1-2H3. The molecule has 1 N–H and O–H groups in total. The van der Waals surface area contributed by atoms with Crippen LogP contribution in [0, 0.1) is 12.8 Å². The quantitative estimate of drug-likeness (QED) is 0.544. The fourth-order valence-corrected chi connectivity index (χ4v) is 4.86. The molecule has 0 amide bonds. The normalized spacial score (nSPS) is 19.2. The highest BCUT2D eigenvalue weighted by atomic mass is 16.5. The Morgan fingerprint density at radius 3 is 2.50 bits per heavy atom. The molecule has 0 radical (unpaired) electrons. The van der Waals surface area contributed by atoms with Gasteiger partial charge < -0.3 is 10.1 Å². The summed E-state index contributed by atoms with van der Waals surface area (Å²) in [5.74, 6) is 1.29. The van der Waals surface area contributed by atoms with Crippen LogP contribution in [0.2, 0.25) is 0 Å². The maximum Gasteiger partial charge on any atom is 0.144 e. The number of allylic oxidation sites excluding steroid dienone is 1. The summed E-state index contributed by atoms with van der Waals surface area (Å²) in [6.07, 6.45) is 7.93. The molecule has 34 heavy (non-hydrogen) atoms. The lowest BCUT2D eigenvalue weighted by atomic mass is 9.84.